The van der Waals surface area contributed by atoms with Crippen LogP contribution < -0.4 is 14.8 Å². The van der Waals surface area contributed by atoms with Crippen LogP contribution >= 0.6 is 0 Å². The number of benzene rings is 2. The Labute approximate surface area is 212 Å². The zero-order valence-corrected chi connectivity index (χ0v) is 21.3. The van der Waals surface area contributed by atoms with E-state index in [1.54, 1.807) is 10.7 Å². The Kier molecular flexibility index (Phi) is 8.25. The van der Waals surface area contributed by atoms with E-state index in [9.17, 15) is 9.59 Å². The van der Waals surface area contributed by atoms with Crippen LogP contribution in [0.2, 0.25) is 0 Å². The summed E-state index contributed by atoms with van der Waals surface area (Å²) in [5.74, 6) is 1.03. The minimum absolute atomic E-state index is 0.0996. The lowest BCUT2D eigenvalue weighted by molar-refractivity contribution is 0.0745. The van der Waals surface area contributed by atoms with Gasteiger partial charge in [-0.15, -0.1) is 0 Å². The highest BCUT2D eigenvalue weighted by Crippen LogP contribution is 2.28. The van der Waals surface area contributed by atoms with Crippen LogP contribution in [0.25, 0.3) is 0 Å². The Bertz CT molecular complexity index is 1200. The number of carbonyl (C=O) groups excluding carboxylic acids is 2. The van der Waals surface area contributed by atoms with Gasteiger partial charge < -0.3 is 19.7 Å². The van der Waals surface area contributed by atoms with Crippen LogP contribution in [0, 0.1) is 6.92 Å². The summed E-state index contributed by atoms with van der Waals surface area (Å²) < 4.78 is 13.0. The van der Waals surface area contributed by atoms with Crippen molar-refractivity contribution in [2.75, 3.05) is 26.3 Å². The molecule has 1 N–H and O–H groups in total. The van der Waals surface area contributed by atoms with E-state index in [1.807, 2.05) is 56.0 Å². The van der Waals surface area contributed by atoms with Crippen LogP contribution in [-0.4, -0.2) is 52.8 Å². The number of hydrogen-bond donors (Lipinski definition) is 1. The fraction of sp³-hybridized carbons (Fsp3) is 0.393. The van der Waals surface area contributed by atoms with Crippen molar-refractivity contribution in [3.63, 3.8) is 0 Å². The second kappa shape index (κ2) is 11.7. The monoisotopic (exact) mass is 490 g/mol. The Morgan fingerprint density at radius 1 is 0.972 bits per heavy atom. The summed E-state index contributed by atoms with van der Waals surface area (Å²) in [6.07, 6.45) is 1.42. The lowest BCUT2D eigenvalue weighted by atomic mass is 10.1. The predicted molar refractivity (Wildman–Crippen MR) is 138 cm³/mol. The van der Waals surface area contributed by atoms with Crippen molar-refractivity contribution in [2.45, 2.75) is 46.7 Å². The molecule has 8 nitrogen and oxygen atoms in total. The molecular formula is C28H34N4O4. The van der Waals surface area contributed by atoms with Gasteiger partial charge >= 0.3 is 0 Å². The van der Waals surface area contributed by atoms with Gasteiger partial charge in [0.15, 0.2) is 17.2 Å². The number of carbonyl (C=O) groups is 2. The van der Waals surface area contributed by atoms with E-state index in [0.29, 0.717) is 63.0 Å². The average molecular weight is 491 g/mol. The highest BCUT2D eigenvalue weighted by molar-refractivity contribution is 5.98. The average Bonchev–Trinajstić information content (AvgIpc) is 3.24. The van der Waals surface area contributed by atoms with Crippen LogP contribution in [0.15, 0.2) is 48.5 Å². The molecule has 4 rings (SSSR count). The molecule has 0 fully saturated rings. The highest BCUT2D eigenvalue weighted by Gasteiger charge is 2.26. The Balaban J connectivity index is 1.37. The number of fused-ring (bicyclic) bond motifs is 1. The molecule has 0 radical (unpaired) electrons. The molecule has 0 saturated carbocycles. The van der Waals surface area contributed by atoms with Crippen LogP contribution in [0.5, 0.6) is 11.5 Å². The normalized spacial score (nSPS) is 13.2. The molecule has 1 aliphatic heterocycles. The van der Waals surface area contributed by atoms with Gasteiger partial charge in [0.1, 0.15) is 5.69 Å². The lowest BCUT2D eigenvalue weighted by Crippen LogP contribution is -2.30. The summed E-state index contributed by atoms with van der Waals surface area (Å²) >= 11 is 0. The molecule has 1 aromatic heterocycles. The van der Waals surface area contributed by atoms with E-state index in [-0.39, 0.29) is 17.5 Å². The second-order valence-corrected chi connectivity index (χ2v) is 8.86. The fourth-order valence-corrected chi connectivity index (χ4v) is 4.27. The Morgan fingerprint density at radius 2 is 1.69 bits per heavy atom. The van der Waals surface area contributed by atoms with Gasteiger partial charge in [0.25, 0.3) is 11.8 Å². The summed E-state index contributed by atoms with van der Waals surface area (Å²) in [5, 5.41) is 7.35. The van der Waals surface area contributed by atoms with Crippen LogP contribution in [0.3, 0.4) is 0 Å². The topological polar surface area (TPSA) is 85.7 Å². The molecule has 0 spiro atoms. The number of nitrogens with one attached hydrogen (secondary N) is 1. The van der Waals surface area contributed by atoms with Crippen molar-refractivity contribution in [2.24, 2.45) is 0 Å². The Hall–Kier alpha value is -3.81. The number of amides is 2. The van der Waals surface area contributed by atoms with E-state index in [1.165, 1.54) is 5.56 Å². The number of hydrogen-bond acceptors (Lipinski definition) is 5. The van der Waals surface area contributed by atoms with E-state index in [0.717, 1.165) is 17.5 Å². The molecule has 36 heavy (non-hydrogen) atoms. The third-order valence-corrected chi connectivity index (χ3v) is 6.12. The molecule has 0 aliphatic carbocycles. The van der Waals surface area contributed by atoms with Crippen LogP contribution in [0.1, 0.15) is 57.9 Å². The largest absolute Gasteiger partial charge is 0.490 e. The van der Waals surface area contributed by atoms with Gasteiger partial charge in [0.05, 0.1) is 13.2 Å². The summed E-state index contributed by atoms with van der Waals surface area (Å²) in [4.78, 5) is 27.8. The van der Waals surface area contributed by atoms with Gasteiger partial charge in [-0.2, -0.15) is 5.10 Å². The van der Waals surface area contributed by atoms with E-state index < -0.39 is 0 Å². The second-order valence-electron chi connectivity index (χ2n) is 8.86. The molecule has 3 aromatic rings. The molecule has 0 bridgehead atoms. The first-order valence-electron chi connectivity index (χ1n) is 12.6. The van der Waals surface area contributed by atoms with Crippen molar-refractivity contribution in [3.8, 4) is 11.5 Å². The van der Waals surface area contributed by atoms with Crippen LogP contribution in [0.4, 0.5) is 0 Å². The molecular weight excluding hydrogens is 456 g/mol. The Morgan fingerprint density at radius 3 is 2.44 bits per heavy atom. The number of ether oxygens (including phenoxy) is 2. The molecule has 2 heterocycles. The minimum atomic E-state index is -0.288. The lowest BCUT2D eigenvalue weighted by Gasteiger charge is -2.20. The van der Waals surface area contributed by atoms with Crippen molar-refractivity contribution < 1.29 is 19.1 Å². The summed E-state index contributed by atoms with van der Waals surface area (Å²) in [6, 6.07) is 15.6. The van der Waals surface area contributed by atoms with Gasteiger partial charge in [0, 0.05) is 32.2 Å². The SMILES string of the molecule is CCOc1ccc(CCNC(=O)c2cc3n(n2)CCCN(Cc2ccc(C)cc2)C3=O)cc1OCC. The molecule has 190 valence electrons. The number of rotatable bonds is 10. The maximum absolute atomic E-state index is 13.2. The smallest absolute Gasteiger partial charge is 0.272 e. The van der Waals surface area contributed by atoms with Gasteiger partial charge in [-0.05, 0) is 56.9 Å². The number of nitrogens with zero attached hydrogens (tertiary/aromatic N) is 3. The van der Waals surface area contributed by atoms with Crippen molar-refractivity contribution >= 4 is 11.8 Å². The maximum atomic E-state index is 13.2. The zero-order valence-electron chi connectivity index (χ0n) is 21.3. The molecule has 8 heteroatoms. The highest BCUT2D eigenvalue weighted by atomic mass is 16.5. The molecule has 0 atom stereocenters. The fourth-order valence-electron chi connectivity index (χ4n) is 4.27. The van der Waals surface area contributed by atoms with E-state index >= 15 is 0 Å². The molecule has 2 amide bonds. The number of aromatic nitrogens is 2. The maximum Gasteiger partial charge on any atom is 0.272 e. The minimum Gasteiger partial charge on any atom is -0.490 e. The summed E-state index contributed by atoms with van der Waals surface area (Å²) in [5.41, 5.74) is 4.02. The van der Waals surface area contributed by atoms with Crippen molar-refractivity contribution in [1.82, 2.24) is 20.0 Å². The van der Waals surface area contributed by atoms with Gasteiger partial charge in [-0.25, -0.2) is 0 Å². The predicted octanol–water partition coefficient (Wildman–Crippen LogP) is 4.01. The van der Waals surface area contributed by atoms with Crippen LogP contribution in [-0.2, 0) is 19.5 Å². The molecule has 0 saturated heterocycles. The molecule has 1 aliphatic rings. The zero-order chi connectivity index (χ0) is 25.5. The van der Waals surface area contributed by atoms with Crippen molar-refractivity contribution in [1.29, 1.82) is 0 Å². The summed E-state index contributed by atoms with van der Waals surface area (Å²) in [6.45, 7) is 9.26. The first-order chi connectivity index (χ1) is 17.5. The summed E-state index contributed by atoms with van der Waals surface area (Å²) in [7, 11) is 0. The van der Waals surface area contributed by atoms with Gasteiger partial charge in [-0.1, -0.05) is 35.9 Å². The van der Waals surface area contributed by atoms with Gasteiger partial charge in [-0.3, -0.25) is 14.3 Å². The third-order valence-electron chi connectivity index (χ3n) is 6.12. The molecule has 2 aromatic carbocycles. The van der Waals surface area contributed by atoms with Gasteiger partial charge in [0.2, 0.25) is 0 Å². The van der Waals surface area contributed by atoms with Crippen molar-refractivity contribution in [3.05, 3.63) is 76.6 Å². The number of aryl methyl sites for hydroxylation is 2. The van der Waals surface area contributed by atoms with E-state index in [4.69, 9.17) is 9.47 Å². The third kappa shape index (κ3) is 6.05. The standard InChI is InChI=1S/C28H34N4O4/c1-4-35-25-12-11-21(17-26(25)36-5-2)13-14-29-27(33)23-18-24-28(34)31(15-6-16-32(24)30-23)19-22-9-7-20(3)8-10-22/h7-12,17-18H,4-6,13-16,19H2,1-3H3,(H,29,33). The molecule has 0 unspecified atom stereocenters. The first-order valence-corrected chi connectivity index (χ1v) is 12.6. The quantitative estimate of drug-likeness (QED) is 0.464. The first kappa shape index (κ1) is 25.3. The van der Waals surface area contributed by atoms with E-state index in [2.05, 4.69) is 22.5 Å².